The number of nitriles is 1. The summed E-state index contributed by atoms with van der Waals surface area (Å²) in [7, 11) is 1.60. The van der Waals surface area contributed by atoms with Gasteiger partial charge in [0.2, 0.25) is 0 Å². The Bertz CT molecular complexity index is 436. The van der Waals surface area contributed by atoms with Gasteiger partial charge in [0.15, 0.2) is 0 Å². The summed E-state index contributed by atoms with van der Waals surface area (Å²) in [6, 6.07) is 7.52. The van der Waals surface area contributed by atoms with E-state index >= 15 is 0 Å². The molecule has 0 N–H and O–H groups in total. The summed E-state index contributed by atoms with van der Waals surface area (Å²) in [6.07, 6.45) is 2.29. The Labute approximate surface area is 107 Å². The minimum absolute atomic E-state index is 0.304. The smallest absolute Gasteiger partial charge is 0.128 e. The summed E-state index contributed by atoms with van der Waals surface area (Å²) >= 11 is 6.20. The topological polar surface area (TPSA) is 36.3 Å². The molecule has 0 aliphatic carbocycles. The van der Waals surface area contributed by atoms with Crippen molar-refractivity contribution in [1.82, 2.24) is 4.90 Å². The van der Waals surface area contributed by atoms with Crippen LogP contribution in [-0.4, -0.2) is 25.1 Å². The molecule has 2 rings (SSSR count). The fourth-order valence-electron chi connectivity index (χ4n) is 2.29. The van der Waals surface area contributed by atoms with E-state index in [0.29, 0.717) is 10.8 Å². The quantitative estimate of drug-likeness (QED) is 0.827. The lowest BCUT2D eigenvalue weighted by atomic mass is 10.1. The third-order valence-electron chi connectivity index (χ3n) is 3.13. The molecule has 1 fully saturated rings. The number of halogens is 1. The molecule has 0 amide bonds. The van der Waals surface area contributed by atoms with Crippen molar-refractivity contribution in [2.75, 3.05) is 20.2 Å². The fraction of sp³-hybridized carbons (Fsp3) is 0.462. The molecule has 1 aromatic rings. The summed E-state index contributed by atoms with van der Waals surface area (Å²) in [5, 5.41) is 9.98. The fourth-order valence-corrected chi connectivity index (χ4v) is 2.56. The first-order valence-corrected chi connectivity index (χ1v) is 6.11. The molecule has 0 radical (unpaired) electrons. The van der Waals surface area contributed by atoms with Crippen LogP contribution in [0.1, 0.15) is 24.4 Å². The normalized spacial score (nSPS) is 17.7. The maximum atomic E-state index is 9.38. The first-order valence-electron chi connectivity index (χ1n) is 5.74. The minimum atomic E-state index is -0.304. The monoisotopic (exact) mass is 250 g/mol. The maximum absolute atomic E-state index is 9.38. The van der Waals surface area contributed by atoms with Gasteiger partial charge in [0, 0.05) is 5.56 Å². The Kier molecular flexibility index (Phi) is 3.88. The molecule has 4 heteroatoms. The van der Waals surface area contributed by atoms with Gasteiger partial charge in [0.1, 0.15) is 11.8 Å². The molecule has 1 aliphatic heterocycles. The predicted octanol–water partition coefficient (Wildman–Crippen LogP) is 3.01. The second kappa shape index (κ2) is 5.39. The molecular weight excluding hydrogens is 236 g/mol. The van der Waals surface area contributed by atoms with Crippen molar-refractivity contribution in [2.45, 2.75) is 18.9 Å². The molecule has 1 saturated heterocycles. The van der Waals surface area contributed by atoms with Crippen LogP contribution >= 0.6 is 11.6 Å². The minimum Gasteiger partial charge on any atom is -0.496 e. The molecule has 17 heavy (non-hydrogen) atoms. The van der Waals surface area contributed by atoms with Gasteiger partial charge in [-0.3, -0.25) is 4.90 Å². The molecule has 1 aromatic carbocycles. The van der Waals surface area contributed by atoms with Crippen LogP contribution in [0.15, 0.2) is 18.2 Å². The van der Waals surface area contributed by atoms with Crippen LogP contribution in [0.25, 0.3) is 0 Å². The highest BCUT2D eigenvalue weighted by Gasteiger charge is 2.27. The van der Waals surface area contributed by atoms with E-state index in [2.05, 4.69) is 11.0 Å². The van der Waals surface area contributed by atoms with Gasteiger partial charge in [0.25, 0.3) is 0 Å². The molecule has 1 atom stereocenters. The number of methoxy groups -OCH3 is 1. The summed E-state index contributed by atoms with van der Waals surface area (Å²) in [5.74, 6) is 0.691. The highest BCUT2D eigenvalue weighted by atomic mass is 35.5. The zero-order chi connectivity index (χ0) is 12.3. The average molecular weight is 251 g/mol. The number of likely N-dealkylation sites (tertiary alicyclic amines) is 1. The van der Waals surface area contributed by atoms with Gasteiger partial charge in [0.05, 0.1) is 18.2 Å². The third-order valence-corrected chi connectivity index (χ3v) is 3.46. The number of rotatable bonds is 3. The van der Waals surface area contributed by atoms with Crippen molar-refractivity contribution >= 4 is 11.6 Å². The summed E-state index contributed by atoms with van der Waals surface area (Å²) in [6.45, 7) is 1.90. The molecule has 1 heterocycles. The SMILES string of the molecule is COc1cccc(Cl)c1C(C#N)N1CCCC1. The second-order valence-electron chi connectivity index (χ2n) is 4.13. The van der Waals surface area contributed by atoms with E-state index in [1.54, 1.807) is 13.2 Å². The first-order chi connectivity index (χ1) is 8.27. The van der Waals surface area contributed by atoms with Crippen molar-refractivity contribution in [1.29, 1.82) is 5.26 Å². The molecule has 1 unspecified atom stereocenters. The number of hydrogen-bond acceptors (Lipinski definition) is 3. The molecule has 0 spiro atoms. The average Bonchev–Trinajstić information content (AvgIpc) is 2.86. The molecular formula is C13H15ClN2O. The van der Waals surface area contributed by atoms with Crippen molar-refractivity contribution < 1.29 is 4.74 Å². The molecule has 1 aliphatic rings. The van der Waals surface area contributed by atoms with Gasteiger partial charge in [-0.15, -0.1) is 0 Å². The number of benzene rings is 1. The van der Waals surface area contributed by atoms with E-state index in [1.807, 2.05) is 12.1 Å². The van der Waals surface area contributed by atoms with Crippen LogP contribution in [0.3, 0.4) is 0 Å². The van der Waals surface area contributed by atoms with Gasteiger partial charge in [-0.25, -0.2) is 0 Å². The number of nitrogens with zero attached hydrogens (tertiary/aromatic N) is 2. The van der Waals surface area contributed by atoms with E-state index in [9.17, 15) is 5.26 Å². The lowest BCUT2D eigenvalue weighted by Gasteiger charge is -2.24. The van der Waals surface area contributed by atoms with Crippen LogP contribution in [0.5, 0.6) is 5.75 Å². The van der Waals surface area contributed by atoms with Crippen molar-refractivity contribution in [3.63, 3.8) is 0 Å². The standard InChI is InChI=1S/C13H15ClN2O/c1-17-12-6-4-5-10(14)13(12)11(9-15)16-7-2-3-8-16/h4-6,11H,2-3,7-8H2,1H3. The lowest BCUT2D eigenvalue weighted by molar-refractivity contribution is 0.286. The zero-order valence-electron chi connectivity index (χ0n) is 9.82. The maximum Gasteiger partial charge on any atom is 0.128 e. The highest BCUT2D eigenvalue weighted by Crippen LogP contribution is 2.36. The first kappa shape index (κ1) is 12.2. The molecule has 0 bridgehead atoms. The number of ether oxygens (including phenoxy) is 1. The van der Waals surface area contributed by atoms with Crippen molar-refractivity contribution in [3.8, 4) is 11.8 Å². The van der Waals surface area contributed by atoms with Gasteiger partial charge in [-0.1, -0.05) is 17.7 Å². The van der Waals surface area contributed by atoms with Gasteiger partial charge in [-0.2, -0.15) is 5.26 Å². The summed E-state index contributed by atoms with van der Waals surface area (Å²) in [5.41, 5.74) is 0.793. The molecule has 0 saturated carbocycles. The summed E-state index contributed by atoms with van der Waals surface area (Å²) in [4.78, 5) is 2.16. The van der Waals surface area contributed by atoms with E-state index < -0.39 is 0 Å². The largest absolute Gasteiger partial charge is 0.496 e. The van der Waals surface area contributed by atoms with Gasteiger partial charge >= 0.3 is 0 Å². The molecule has 0 aromatic heterocycles. The third kappa shape index (κ3) is 2.38. The number of hydrogen-bond donors (Lipinski definition) is 0. The Morgan fingerprint density at radius 2 is 2.12 bits per heavy atom. The van der Waals surface area contributed by atoms with E-state index in [0.717, 1.165) is 31.5 Å². The Balaban J connectivity index is 2.39. The van der Waals surface area contributed by atoms with Gasteiger partial charge < -0.3 is 4.74 Å². The van der Waals surface area contributed by atoms with Gasteiger partial charge in [-0.05, 0) is 38.1 Å². The van der Waals surface area contributed by atoms with Crippen LogP contribution in [0, 0.1) is 11.3 Å². The Morgan fingerprint density at radius 1 is 1.41 bits per heavy atom. The zero-order valence-corrected chi connectivity index (χ0v) is 10.6. The summed E-state index contributed by atoms with van der Waals surface area (Å²) < 4.78 is 5.31. The second-order valence-corrected chi connectivity index (χ2v) is 4.54. The van der Waals surface area contributed by atoms with Crippen LogP contribution < -0.4 is 4.74 Å². The van der Waals surface area contributed by atoms with E-state index in [4.69, 9.17) is 16.3 Å². The van der Waals surface area contributed by atoms with Crippen molar-refractivity contribution in [2.24, 2.45) is 0 Å². The van der Waals surface area contributed by atoms with Crippen LogP contribution in [0.2, 0.25) is 5.02 Å². The van der Waals surface area contributed by atoms with Crippen LogP contribution in [0.4, 0.5) is 0 Å². The predicted molar refractivity (Wildman–Crippen MR) is 67.2 cm³/mol. The molecule has 3 nitrogen and oxygen atoms in total. The van der Waals surface area contributed by atoms with E-state index in [1.165, 1.54) is 0 Å². The Morgan fingerprint density at radius 3 is 2.71 bits per heavy atom. The Hall–Kier alpha value is -1.24. The van der Waals surface area contributed by atoms with Crippen LogP contribution in [-0.2, 0) is 0 Å². The highest BCUT2D eigenvalue weighted by molar-refractivity contribution is 6.31. The van der Waals surface area contributed by atoms with E-state index in [-0.39, 0.29) is 6.04 Å². The molecule has 90 valence electrons. The van der Waals surface area contributed by atoms with Crippen molar-refractivity contribution in [3.05, 3.63) is 28.8 Å². The lowest BCUT2D eigenvalue weighted by Crippen LogP contribution is -2.25.